The number of nitrogens with zero attached hydrogens (tertiary/aromatic N) is 1. The van der Waals surface area contributed by atoms with E-state index < -0.39 is 0 Å². The molecule has 1 rings (SSSR count). The number of halogens is 1. The maximum absolute atomic E-state index is 11.3. The molecule has 0 aromatic carbocycles. The largest absolute Gasteiger partial charge is 0.323 e. The van der Waals surface area contributed by atoms with Crippen LogP contribution in [0.25, 0.3) is 0 Å². The summed E-state index contributed by atoms with van der Waals surface area (Å²) in [5.41, 5.74) is 0.465. The quantitative estimate of drug-likeness (QED) is 0.800. The number of amides is 1. The Hall–Kier alpha value is -1.42. The van der Waals surface area contributed by atoms with E-state index in [2.05, 4.69) is 10.3 Å². The lowest BCUT2D eigenvalue weighted by Crippen LogP contribution is -2.13. The van der Waals surface area contributed by atoms with Crippen LogP contribution in [0.3, 0.4) is 0 Å². The number of aromatic nitrogens is 1. The van der Waals surface area contributed by atoms with Crippen molar-refractivity contribution in [1.82, 2.24) is 4.98 Å². The van der Waals surface area contributed by atoms with Crippen molar-refractivity contribution < 1.29 is 9.59 Å². The van der Waals surface area contributed by atoms with Crippen LogP contribution in [-0.2, 0) is 9.59 Å². The first-order valence-corrected chi connectivity index (χ1v) is 4.87. The van der Waals surface area contributed by atoms with Crippen molar-refractivity contribution in [3.8, 4) is 0 Å². The summed E-state index contributed by atoms with van der Waals surface area (Å²) >= 11 is 5.74. The Morgan fingerprint density at radius 2 is 2.20 bits per heavy atom. The van der Waals surface area contributed by atoms with Crippen molar-refractivity contribution in [2.75, 3.05) is 5.32 Å². The number of anilines is 1. The van der Waals surface area contributed by atoms with Crippen molar-refractivity contribution >= 4 is 29.0 Å². The molecule has 4 nitrogen and oxygen atoms in total. The molecule has 1 N–H and O–H groups in total. The van der Waals surface area contributed by atoms with Crippen LogP contribution < -0.4 is 5.32 Å². The van der Waals surface area contributed by atoms with Gasteiger partial charge in [-0.1, -0.05) is 11.6 Å². The fraction of sp³-hybridized carbons (Fsp3) is 0.300. The van der Waals surface area contributed by atoms with Gasteiger partial charge in [-0.2, -0.15) is 0 Å². The van der Waals surface area contributed by atoms with Gasteiger partial charge in [-0.3, -0.25) is 4.79 Å². The molecule has 80 valence electrons. The standard InChI is InChI=1S/C10H11ClN2O2/c1-7(14)4-5-9(15)13-8-3-2-6-12-10(8)11/h2-3,6H,4-5H2,1H3,(H,13,15). The van der Waals surface area contributed by atoms with E-state index in [0.29, 0.717) is 5.69 Å². The molecule has 0 aliphatic heterocycles. The van der Waals surface area contributed by atoms with Gasteiger partial charge in [-0.05, 0) is 19.1 Å². The van der Waals surface area contributed by atoms with Crippen LogP contribution in [0.2, 0.25) is 5.15 Å². The Labute approximate surface area is 92.7 Å². The Kier molecular flexibility index (Phi) is 4.24. The highest BCUT2D eigenvalue weighted by Gasteiger charge is 2.06. The minimum absolute atomic E-state index is 0.0116. The SMILES string of the molecule is CC(=O)CCC(=O)Nc1cccnc1Cl. The number of pyridine rings is 1. The number of hydrogen-bond acceptors (Lipinski definition) is 3. The van der Waals surface area contributed by atoms with E-state index in [9.17, 15) is 9.59 Å². The van der Waals surface area contributed by atoms with Crippen LogP contribution in [0.1, 0.15) is 19.8 Å². The normalized spacial score (nSPS) is 9.73. The van der Waals surface area contributed by atoms with Crippen LogP contribution >= 0.6 is 11.6 Å². The van der Waals surface area contributed by atoms with Crippen molar-refractivity contribution in [2.45, 2.75) is 19.8 Å². The summed E-state index contributed by atoms with van der Waals surface area (Å²) in [4.78, 5) is 25.8. The molecule has 0 bridgehead atoms. The number of carbonyl (C=O) groups excluding carboxylic acids is 2. The number of carbonyl (C=O) groups is 2. The zero-order chi connectivity index (χ0) is 11.3. The predicted octanol–water partition coefficient (Wildman–Crippen LogP) is 2.04. The molecule has 1 heterocycles. The molecule has 1 aromatic heterocycles. The molecule has 5 heteroatoms. The number of nitrogens with one attached hydrogen (secondary N) is 1. The van der Waals surface area contributed by atoms with Gasteiger partial charge in [0.05, 0.1) is 5.69 Å². The molecular formula is C10H11ClN2O2. The topological polar surface area (TPSA) is 59.1 Å². The number of rotatable bonds is 4. The van der Waals surface area contributed by atoms with E-state index in [1.165, 1.54) is 13.1 Å². The highest BCUT2D eigenvalue weighted by molar-refractivity contribution is 6.32. The lowest BCUT2D eigenvalue weighted by atomic mass is 10.2. The highest BCUT2D eigenvalue weighted by atomic mass is 35.5. The summed E-state index contributed by atoms with van der Waals surface area (Å²) in [5, 5.41) is 2.82. The van der Waals surface area contributed by atoms with Gasteiger partial charge in [0.15, 0.2) is 5.15 Å². The van der Waals surface area contributed by atoms with E-state index in [1.54, 1.807) is 12.1 Å². The van der Waals surface area contributed by atoms with Gasteiger partial charge in [0.25, 0.3) is 0 Å². The molecular weight excluding hydrogens is 216 g/mol. The van der Waals surface area contributed by atoms with Gasteiger partial charge in [-0.25, -0.2) is 4.98 Å². The van der Waals surface area contributed by atoms with Crippen molar-refractivity contribution in [3.63, 3.8) is 0 Å². The summed E-state index contributed by atoms with van der Waals surface area (Å²) in [6.45, 7) is 1.45. The molecule has 1 aromatic rings. The maximum Gasteiger partial charge on any atom is 0.224 e. The van der Waals surface area contributed by atoms with Gasteiger partial charge in [0.2, 0.25) is 5.91 Å². The zero-order valence-corrected chi connectivity index (χ0v) is 9.04. The maximum atomic E-state index is 11.3. The van der Waals surface area contributed by atoms with E-state index in [1.807, 2.05) is 0 Å². The second kappa shape index (κ2) is 5.46. The summed E-state index contributed by atoms with van der Waals surface area (Å²) < 4.78 is 0. The first kappa shape index (κ1) is 11.7. The van der Waals surface area contributed by atoms with Crippen LogP contribution in [0, 0.1) is 0 Å². The minimum atomic E-state index is -0.236. The molecule has 0 aliphatic rings. The van der Waals surface area contributed by atoms with Crippen molar-refractivity contribution in [2.24, 2.45) is 0 Å². The molecule has 0 spiro atoms. The van der Waals surface area contributed by atoms with Gasteiger partial charge in [0.1, 0.15) is 5.78 Å². The van der Waals surface area contributed by atoms with Crippen LogP contribution in [0.15, 0.2) is 18.3 Å². The van der Waals surface area contributed by atoms with Crippen molar-refractivity contribution in [1.29, 1.82) is 0 Å². The molecule has 0 fully saturated rings. The van der Waals surface area contributed by atoms with E-state index in [4.69, 9.17) is 11.6 Å². The molecule has 0 unspecified atom stereocenters. The zero-order valence-electron chi connectivity index (χ0n) is 8.29. The molecule has 0 atom stereocenters. The predicted molar refractivity (Wildman–Crippen MR) is 57.8 cm³/mol. The third kappa shape index (κ3) is 4.08. The van der Waals surface area contributed by atoms with E-state index in [-0.39, 0.29) is 29.7 Å². The Morgan fingerprint density at radius 3 is 2.80 bits per heavy atom. The van der Waals surface area contributed by atoms with Crippen LogP contribution in [0.4, 0.5) is 5.69 Å². The lowest BCUT2D eigenvalue weighted by molar-refractivity contribution is -0.121. The monoisotopic (exact) mass is 226 g/mol. The highest BCUT2D eigenvalue weighted by Crippen LogP contribution is 2.17. The molecule has 1 amide bonds. The minimum Gasteiger partial charge on any atom is -0.323 e. The average Bonchev–Trinajstić information content (AvgIpc) is 2.18. The fourth-order valence-corrected chi connectivity index (χ4v) is 1.15. The second-order valence-electron chi connectivity index (χ2n) is 3.09. The summed E-state index contributed by atoms with van der Waals surface area (Å²) in [6.07, 6.45) is 1.94. The third-order valence-electron chi connectivity index (χ3n) is 1.74. The first-order chi connectivity index (χ1) is 7.09. The Bertz CT molecular complexity index is 379. The summed E-state index contributed by atoms with van der Waals surface area (Å²) in [7, 11) is 0. The Balaban J connectivity index is 2.52. The van der Waals surface area contributed by atoms with Gasteiger partial charge >= 0.3 is 0 Å². The smallest absolute Gasteiger partial charge is 0.224 e. The molecule has 0 radical (unpaired) electrons. The first-order valence-electron chi connectivity index (χ1n) is 4.49. The number of ketones is 1. The molecule has 0 aliphatic carbocycles. The number of Topliss-reactive ketones (excluding diaryl/α,β-unsaturated/α-hetero) is 1. The lowest BCUT2D eigenvalue weighted by Gasteiger charge is -2.04. The average molecular weight is 227 g/mol. The molecule has 0 saturated carbocycles. The third-order valence-corrected chi connectivity index (χ3v) is 2.04. The van der Waals surface area contributed by atoms with Gasteiger partial charge in [-0.15, -0.1) is 0 Å². The molecule has 0 saturated heterocycles. The second-order valence-corrected chi connectivity index (χ2v) is 3.45. The fourth-order valence-electron chi connectivity index (χ4n) is 0.982. The van der Waals surface area contributed by atoms with Gasteiger partial charge in [0, 0.05) is 19.0 Å². The van der Waals surface area contributed by atoms with Crippen molar-refractivity contribution in [3.05, 3.63) is 23.5 Å². The van der Waals surface area contributed by atoms with Crippen LogP contribution in [0.5, 0.6) is 0 Å². The van der Waals surface area contributed by atoms with E-state index in [0.717, 1.165) is 0 Å². The number of hydrogen-bond donors (Lipinski definition) is 1. The molecule has 15 heavy (non-hydrogen) atoms. The summed E-state index contributed by atoms with van der Waals surface area (Å²) in [6, 6.07) is 3.33. The van der Waals surface area contributed by atoms with Crippen LogP contribution in [-0.4, -0.2) is 16.7 Å². The van der Waals surface area contributed by atoms with Gasteiger partial charge < -0.3 is 10.1 Å². The summed E-state index contributed by atoms with van der Waals surface area (Å²) in [5.74, 6) is -0.248. The van der Waals surface area contributed by atoms with E-state index >= 15 is 0 Å². The Morgan fingerprint density at radius 1 is 1.47 bits per heavy atom.